The smallest absolute Gasteiger partial charge is 0.143 e. The summed E-state index contributed by atoms with van der Waals surface area (Å²) < 4.78 is 0. The third-order valence-corrected chi connectivity index (χ3v) is 1.99. The molecule has 0 aromatic carbocycles. The first-order valence-electron chi connectivity index (χ1n) is 4.26. The maximum Gasteiger partial charge on any atom is 0.143 e. The molecule has 0 amide bonds. The monoisotopic (exact) mass is 152 g/mol. The van der Waals surface area contributed by atoms with Crippen LogP contribution in [0, 0.1) is 0 Å². The van der Waals surface area contributed by atoms with E-state index in [1.165, 1.54) is 19.3 Å². The van der Waals surface area contributed by atoms with Crippen LogP contribution in [0.3, 0.4) is 0 Å². The molecule has 0 spiro atoms. The topological polar surface area (TPSA) is 29.3 Å². The van der Waals surface area contributed by atoms with E-state index in [0.29, 0.717) is 0 Å². The van der Waals surface area contributed by atoms with Gasteiger partial charge in [0.25, 0.3) is 0 Å². The Kier molecular flexibility index (Phi) is 3.06. The predicted molar refractivity (Wildman–Crippen MR) is 46.9 cm³/mol. The molecule has 2 N–H and O–H groups in total. The zero-order valence-electron chi connectivity index (χ0n) is 7.14. The first-order chi connectivity index (χ1) is 5.34. The fourth-order valence-electron chi connectivity index (χ4n) is 1.37. The van der Waals surface area contributed by atoms with Crippen LogP contribution in [0.4, 0.5) is 0 Å². The van der Waals surface area contributed by atoms with E-state index in [1.54, 1.807) is 0 Å². The Balaban J connectivity index is 2.51. The van der Waals surface area contributed by atoms with Gasteiger partial charge >= 0.3 is 0 Å². The summed E-state index contributed by atoms with van der Waals surface area (Å²) in [5.41, 5.74) is 8.77. The van der Waals surface area contributed by atoms with E-state index in [1.807, 2.05) is 13.0 Å². The molecule has 0 unspecified atom stereocenters. The van der Waals surface area contributed by atoms with Gasteiger partial charge in [0, 0.05) is 13.1 Å². The molecule has 1 aliphatic rings. The van der Waals surface area contributed by atoms with Gasteiger partial charge in [-0.3, -0.25) is 0 Å². The SMILES string of the molecule is CC=C=C(N)N1CCCCC1. The van der Waals surface area contributed by atoms with E-state index in [2.05, 4.69) is 10.6 Å². The Morgan fingerprint density at radius 2 is 2.00 bits per heavy atom. The molecule has 1 fully saturated rings. The number of nitrogens with two attached hydrogens (primary N) is 1. The summed E-state index contributed by atoms with van der Waals surface area (Å²) in [6.45, 7) is 4.15. The summed E-state index contributed by atoms with van der Waals surface area (Å²) in [6, 6.07) is 0. The van der Waals surface area contributed by atoms with Gasteiger partial charge in [0.1, 0.15) is 5.82 Å². The van der Waals surface area contributed by atoms with Crippen LogP contribution in [-0.4, -0.2) is 18.0 Å². The van der Waals surface area contributed by atoms with Gasteiger partial charge in [-0.25, -0.2) is 0 Å². The summed E-state index contributed by atoms with van der Waals surface area (Å²) in [4.78, 5) is 2.20. The molecule has 0 saturated carbocycles. The molecule has 0 aromatic heterocycles. The van der Waals surface area contributed by atoms with Crippen molar-refractivity contribution in [3.05, 3.63) is 17.6 Å². The molecule has 2 heteroatoms. The highest BCUT2D eigenvalue weighted by atomic mass is 15.2. The number of hydrogen-bond donors (Lipinski definition) is 1. The number of likely N-dealkylation sites (tertiary alicyclic amines) is 1. The molecule has 0 bridgehead atoms. The Morgan fingerprint density at radius 3 is 2.55 bits per heavy atom. The first-order valence-corrected chi connectivity index (χ1v) is 4.26. The number of hydrogen-bond acceptors (Lipinski definition) is 2. The van der Waals surface area contributed by atoms with E-state index >= 15 is 0 Å². The van der Waals surface area contributed by atoms with Crippen LogP contribution >= 0.6 is 0 Å². The number of piperidine rings is 1. The van der Waals surface area contributed by atoms with Crippen LogP contribution in [0.5, 0.6) is 0 Å². The van der Waals surface area contributed by atoms with Gasteiger partial charge in [-0.05, 0) is 32.3 Å². The van der Waals surface area contributed by atoms with Crippen molar-refractivity contribution >= 4 is 0 Å². The lowest BCUT2D eigenvalue weighted by Crippen LogP contribution is -2.32. The van der Waals surface area contributed by atoms with E-state index in [9.17, 15) is 0 Å². The van der Waals surface area contributed by atoms with Crippen LogP contribution in [0.1, 0.15) is 26.2 Å². The summed E-state index contributed by atoms with van der Waals surface area (Å²) in [5, 5.41) is 0. The van der Waals surface area contributed by atoms with Gasteiger partial charge in [0.15, 0.2) is 0 Å². The van der Waals surface area contributed by atoms with Crippen LogP contribution in [0.2, 0.25) is 0 Å². The molecule has 1 saturated heterocycles. The zero-order chi connectivity index (χ0) is 8.10. The van der Waals surface area contributed by atoms with E-state index in [0.717, 1.165) is 18.9 Å². The van der Waals surface area contributed by atoms with Gasteiger partial charge in [0.05, 0.1) is 0 Å². The van der Waals surface area contributed by atoms with Crippen molar-refractivity contribution < 1.29 is 0 Å². The fraction of sp³-hybridized carbons (Fsp3) is 0.667. The second-order valence-electron chi connectivity index (χ2n) is 2.87. The van der Waals surface area contributed by atoms with Gasteiger partial charge in [-0.1, -0.05) is 5.73 Å². The summed E-state index contributed by atoms with van der Waals surface area (Å²) in [5.74, 6) is 0.798. The molecule has 0 aliphatic carbocycles. The van der Waals surface area contributed by atoms with Gasteiger partial charge in [-0.2, -0.15) is 0 Å². The van der Waals surface area contributed by atoms with Crippen molar-refractivity contribution in [2.24, 2.45) is 5.73 Å². The van der Waals surface area contributed by atoms with E-state index in [4.69, 9.17) is 5.73 Å². The van der Waals surface area contributed by atoms with Crippen molar-refractivity contribution in [3.8, 4) is 0 Å². The minimum Gasteiger partial charge on any atom is -0.379 e. The molecule has 0 aromatic rings. The maximum atomic E-state index is 5.76. The first kappa shape index (κ1) is 8.22. The minimum absolute atomic E-state index is 0.798. The molecule has 1 aliphatic heterocycles. The second kappa shape index (κ2) is 4.09. The second-order valence-corrected chi connectivity index (χ2v) is 2.87. The molecule has 0 atom stereocenters. The molecular formula is C9H16N2. The fourth-order valence-corrected chi connectivity index (χ4v) is 1.37. The van der Waals surface area contributed by atoms with E-state index in [-0.39, 0.29) is 0 Å². The Bertz CT molecular complexity index is 172. The Morgan fingerprint density at radius 1 is 1.36 bits per heavy atom. The van der Waals surface area contributed by atoms with Crippen LogP contribution in [0.25, 0.3) is 0 Å². The molecule has 0 radical (unpaired) electrons. The van der Waals surface area contributed by atoms with E-state index < -0.39 is 0 Å². The van der Waals surface area contributed by atoms with Crippen molar-refractivity contribution in [1.82, 2.24) is 4.90 Å². The number of nitrogens with zero attached hydrogens (tertiary/aromatic N) is 1. The lowest BCUT2D eigenvalue weighted by atomic mass is 10.1. The van der Waals surface area contributed by atoms with Gasteiger partial charge < -0.3 is 10.6 Å². The largest absolute Gasteiger partial charge is 0.379 e. The highest BCUT2D eigenvalue weighted by molar-refractivity contribution is 4.96. The zero-order valence-corrected chi connectivity index (χ0v) is 7.14. The molecule has 1 rings (SSSR count). The van der Waals surface area contributed by atoms with Crippen LogP contribution in [-0.2, 0) is 0 Å². The van der Waals surface area contributed by atoms with Crippen molar-refractivity contribution in [2.75, 3.05) is 13.1 Å². The molecule has 62 valence electrons. The Hall–Kier alpha value is -0.880. The summed E-state index contributed by atoms with van der Waals surface area (Å²) in [6.07, 6.45) is 5.75. The number of allylic oxidation sites excluding steroid dienone is 1. The minimum atomic E-state index is 0.798. The Labute approximate surface area is 68.4 Å². The summed E-state index contributed by atoms with van der Waals surface area (Å²) in [7, 11) is 0. The normalized spacial score (nSPS) is 17.4. The maximum absolute atomic E-state index is 5.76. The van der Waals surface area contributed by atoms with Crippen molar-refractivity contribution in [3.63, 3.8) is 0 Å². The number of rotatable bonds is 1. The average Bonchev–Trinajstić information content (AvgIpc) is 2.07. The standard InChI is InChI=1S/C9H16N2/c1-2-6-9(10)11-7-4-3-5-8-11/h2H,3-5,7-8,10H2,1H3. The summed E-state index contributed by atoms with van der Waals surface area (Å²) >= 11 is 0. The van der Waals surface area contributed by atoms with Crippen molar-refractivity contribution in [2.45, 2.75) is 26.2 Å². The van der Waals surface area contributed by atoms with Crippen LogP contribution in [0.15, 0.2) is 17.6 Å². The molecular weight excluding hydrogens is 136 g/mol. The molecule has 11 heavy (non-hydrogen) atoms. The van der Waals surface area contributed by atoms with Crippen LogP contribution < -0.4 is 5.73 Å². The third-order valence-electron chi connectivity index (χ3n) is 1.99. The third kappa shape index (κ3) is 2.32. The molecule has 2 nitrogen and oxygen atoms in total. The predicted octanol–water partition coefficient (Wildman–Crippen LogP) is 1.45. The van der Waals surface area contributed by atoms with Gasteiger partial charge in [0.2, 0.25) is 0 Å². The lowest BCUT2D eigenvalue weighted by Gasteiger charge is -2.27. The quantitative estimate of drug-likeness (QED) is 0.576. The molecule has 1 heterocycles. The lowest BCUT2D eigenvalue weighted by molar-refractivity contribution is 0.283. The average molecular weight is 152 g/mol. The highest BCUT2D eigenvalue weighted by Gasteiger charge is 2.09. The van der Waals surface area contributed by atoms with Crippen molar-refractivity contribution in [1.29, 1.82) is 0 Å². The van der Waals surface area contributed by atoms with Gasteiger partial charge in [-0.15, -0.1) is 0 Å². The highest BCUT2D eigenvalue weighted by Crippen LogP contribution is 2.10.